The zero-order valence-corrected chi connectivity index (χ0v) is 33.8. The summed E-state index contributed by atoms with van der Waals surface area (Å²) < 4.78 is 5.72. The van der Waals surface area contributed by atoms with Crippen LogP contribution >= 0.6 is 0 Å². The van der Waals surface area contributed by atoms with Gasteiger partial charge in [-0.3, -0.25) is 9.59 Å². The second-order valence-electron chi connectivity index (χ2n) is 19.2. The summed E-state index contributed by atoms with van der Waals surface area (Å²) in [7, 11) is 0. The normalized spacial score (nSPS) is 38.8. The largest absolute Gasteiger partial charge is 0.465 e. The van der Waals surface area contributed by atoms with Crippen molar-refractivity contribution in [3.63, 3.8) is 0 Å². The molecule has 1 aromatic heterocycles. The Balaban J connectivity index is 1.18. The molecule has 9 atom stereocenters. The molecular formula is C45H72N4O3. The first-order valence-electron chi connectivity index (χ1n) is 21.2. The quantitative estimate of drug-likeness (QED) is 0.0877. The smallest absolute Gasteiger partial charge is 0.226 e. The number of rotatable bonds is 14. The summed E-state index contributed by atoms with van der Waals surface area (Å²) in [5.74, 6) is 3.55. The van der Waals surface area contributed by atoms with Crippen LogP contribution in [0.4, 0.5) is 0 Å². The van der Waals surface area contributed by atoms with Gasteiger partial charge in [0.25, 0.3) is 0 Å². The maximum Gasteiger partial charge on any atom is 0.226 e. The lowest BCUT2D eigenvalue weighted by Crippen LogP contribution is -2.65. The average molecular weight is 717 g/mol. The van der Waals surface area contributed by atoms with Crippen molar-refractivity contribution in [3.8, 4) is 0 Å². The number of fused-ring (bicyclic) bond motifs is 7. The highest BCUT2D eigenvalue weighted by Crippen LogP contribution is 2.75. The van der Waals surface area contributed by atoms with Gasteiger partial charge < -0.3 is 26.1 Å². The Morgan fingerprint density at radius 1 is 0.904 bits per heavy atom. The first-order chi connectivity index (χ1) is 24.8. The van der Waals surface area contributed by atoms with Crippen LogP contribution in [0.1, 0.15) is 131 Å². The molecule has 0 aliphatic heterocycles. The molecule has 5 N–H and O–H groups in total. The van der Waals surface area contributed by atoms with Crippen molar-refractivity contribution in [1.82, 2.24) is 16.0 Å². The van der Waals surface area contributed by atoms with E-state index in [1.807, 2.05) is 18.2 Å². The molecule has 0 bridgehead atoms. The highest BCUT2D eigenvalue weighted by atomic mass is 16.3. The van der Waals surface area contributed by atoms with Crippen LogP contribution in [0.2, 0.25) is 0 Å². The van der Waals surface area contributed by atoms with Gasteiger partial charge in [-0.25, -0.2) is 0 Å². The van der Waals surface area contributed by atoms with E-state index >= 15 is 0 Å². The van der Waals surface area contributed by atoms with E-state index < -0.39 is 5.41 Å². The average Bonchev–Trinajstić information content (AvgIpc) is 3.62. The van der Waals surface area contributed by atoms with Gasteiger partial charge in [0.1, 0.15) is 5.76 Å². The first kappa shape index (κ1) is 39.5. The lowest BCUT2D eigenvalue weighted by molar-refractivity contribution is -0.181. The predicted molar refractivity (Wildman–Crippen MR) is 212 cm³/mol. The third-order valence-corrected chi connectivity index (χ3v) is 16.2. The fourth-order valence-electron chi connectivity index (χ4n) is 13.0. The number of hydrogen-bond donors (Lipinski definition) is 4. The summed E-state index contributed by atoms with van der Waals surface area (Å²) in [5, 5.41) is 10.5. The van der Waals surface area contributed by atoms with Crippen molar-refractivity contribution in [2.45, 2.75) is 126 Å². The van der Waals surface area contributed by atoms with Crippen LogP contribution in [0, 0.1) is 56.7 Å². The van der Waals surface area contributed by atoms with Gasteiger partial charge in [-0.05, 0) is 179 Å². The standard InChI is InChI=1S/C45H72N4O3/c1-31-16-19-45(40(51)49-27-12-26-48-24-9-8-23-47-25-11-22-46)21-20-43(6)35(38(45)32(31)2)14-15-37-42(5)30-33(29-34-13-10-28-52-34)39(50)41(3,4)36(42)17-18-44(37,43)7/h10,13-14,28-29,31-32,36-38,47-48H,8-9,11-12,15-27,30,46H2,1-7H3,(H,49,51)/b33-29-/t31-,32+,36+,37-,38+,42+,43-,44-,45+/m1/s1. The Bertz CT molecular complexity index is 1480. The minimum Gasteiger partial charge on any atom is -0.465 e. The molecule has 52 heavy (non-hydrogen) atoms. The Morgan fingerprint density at radius 2 is 1.62 bits per heavy atom. The van der Waals surface area contributed by atoms with Crippen LogP contribution in [0.3, 0.4) is 0 Å². The van der Waals surface area contributed by atoms with Crippen LogP contribution in [0.5, 0.6) is 0 Å². The van der Waals surface area contributed by atoms with Gasteiger partial charge in [0.05, 0.1) is 11.7 Å². The molecule has 7 nitrogen and oxygen atoms in total. The van der Waals surface area contributed by atoms with Crippen molar-refractivity contribution in [3.05, 3.63) is 41.4 Å². The number of carbonyl (C=O) groups excluding carboxylic acids is 2. The zero-order valence-electron chi connectivity index (χ0n) is 33.8. The Kier molecular flexibility index (Phi) is 11.8. The summed E-state index contributed by atoms with van der Waals surface area (Å²) in [5.41, 5.74) is 7.51. The number of hydrogen-bond acceptors (Lipinski definition) is 6. The van der Waals surface area contributed by atoms with Crippen LogP contribution in [0.25, 0.3) is 6.08 Å². The monoisotopic (exact) mass is 717 g/mol. The minimum atomic E-state index is -0.415. The zero-order chi connectivity index (χ0) is 37.4. The summed E-state index contributed by atoms with van der Waals surface area (Å²) in [4.78, 5) is 28.6. The molecule has 1 aromatic rings. The maximum atomic E-state index is 14.5. The van der Waals surface area contributed by atoms with Gasteiger partial charge in [-0.15, -0.1) is 0 Å². The third kappa shape index (κ3) is 6.72. The molecule has 0 aromatic carbocycles. The van der Waals surface area contributed by atoms with E-state index in [1.165, 1.54) is 6.42 Å². The summed E-state index contributed by atoms with van der Waals surface area (Å²) in [6, 6.07) is 3.87. The number of carbonyl (C=O) groups is 2. The maximum absolute atomic E-state index is 14.5. The molecule has 6 rings (SSSR count). The molecule has 0 spiro atoms. The van der Waals surface area contributed by atoms with E-state index in [9.17, 15) is 9.59 Å². The molecule has 5 aliphatic rings. The third-order valence-electron chi connectivity index (χ3n) is 16.2. The van der Waals surface area contributed by atoms with E-state index in [-0.39, 0.29) is 27.6 Å². The molecule has 1 heterocycles. The molecule has 5 aliphatic carbocycles. The molecule has 4 saturated carbocycles. The van der Waals surface area contributed by atoms with Gasteiger partial charge in [0.15, 0.2) is 5.78 Å². The van der Waals surface area contributed by atoms with Crippen LogP contribution in [-0.2, 0) is 9.59 Å². The van der Waals surface area contributed by atoms with Gasteiger partial charge >= 0.3 is 0 Å². The number of nitrogens with one attached hydrogen (secondary N) is 3. The lowest BCUT2D eigenvalue weighted by atomic mass is 9.33. The SMILES string of the molecule is C[C@H]1[C@H](C)CC[C@]2(C(=O)NCCCNCCCCNCCCN)CC[C@]3(C)C(=CC[C@@H]4[C@@]5(C)C/C(=C/c6ccco6)C(=O)C(C)(C)[C@@H]5CC[C@]43C)[C@H]12. The number of allylic oxidation sites excluding steroid dienone is 3. The number of amides is 1. The van der Waals surface area contributed by atoms with Gasteiger partial charge in [0, 0.05) is 12.0 Å². The van der Waals surface area contributed by atoms with Gasteiger partial charge in [-0.2, -0.15) is 0 Å². The fourth-order valence-corrected chi connectivity index (χ4v) is 13.0. The van der Waals surface area contributed by atoms with Crippen molar-refractivity contribution in [1.29, 1.82) is 0 Å². The Hall–Kier alpha value is -2.22. The van der Waals surface area contributed by atoms with E-state index in [2.05, 4.69) is 70.5 Å². The highest BCUT2D eigenvalue weighted by Gasteiger charge is 2.70. The number of ketones is 1. The summed E-state index contributed by atoms with van der Waals surface area (Å²) >= 11 is 0. The molecule has 290 valence electrons. The molecule has 4 fully saturated rings. The Labute approximate surface area is 315 Å². The predicted octanol–water partition coefficient (Wildman–Crippen LogP) is 8.31. The van der Waals surface area contributed by atoms with Crippen molar-refractivity contribution < 1.29 is 14.0 Å². The Morgan fingerprint density at radius 3 is 2.31 bits per heavy atom. The molecule has 0 saturated heterocycles. The van der Waals surface area contributed by atoms with E-state index in [1.54, 1.807) is 11.8 Å². The molecular weight excluding hydrogens is 645 g/mol. The van der Waals surface area contributed by atoms with Crippen LogP contribution in [-0.4, -0.2) is 51.0 Å². The second-order valence-corrected chi connectivity index (χ2v) is 19.2. The number of nitrogens with two attached hydrogens (primary N) is 1. The first-order valence-corrected chi connectivity index (χ1v) is 21.2. The van der Waals surface area contributed by atoms with E-state index in [0.717, 1.165) is 121 Å². The minimum absolute atomic E-state index is 0.000647. The fraction of sp³-hybridized carbons (Fsp3) is 0.778. The van der Waals surface area contributed by atoms with Crippen LogP contribution < -0.4 is 21.7 Å². The summed E-state index contributed by atoms with van der Waals surface area (Å²) in [6.45, 7) is 22.5. The molecule has 1 amide bonds. The molecule has 7 heteroatoms. The second kappa shape index (κ2) is 15.5. The number of Topliss-reactive ketones (excluding diaryl/α,β-unsaturated/α-hetero) is 1. The van der Waals surface area contributed by atoms with Crippen molar-refractivity contribution >= 4 is 17.8 Å². The van der Waals surface area contributed by atoms with Gasteiger partial charge in [-0.1, -0.05) is 60.1 Å². The number of unbranched alkanes of at least 4 members (excludes halogenated alkanes) is 1. The highest BCUT2D eigenvalue weighted by molar-refractivity contribution is 6.04. The molecule has 0 radical (unpaired) electrons. The lowest BCUT2D eigenvalue weighted by Gasteiger charge is -2.71. The van der Waals surface area contributed by atoms with Crippen molar-refractivity contribution in [2.24, 2.45) is 62.4 Å². The molecule has 0 unspecified atom stereocenters. The summed E-state index contributed by atoms with van der Waals surface area (Å²) in [6.07, 6.45) is 19.0. The van der Waals surface area contributed by atoms with E-state index in [0.29, 0.717) is 35.4 Å². The topological polar surface area (TPSA) is 109 Å². The van der Waals surface area contributed by atoms with E-state index in [4.69, 9.17) is 10.2 Å². The van der Waals surface area contributed by atoms with Gasteiger partial charge in [0.2, 0.25) is 5.91 Å². The van der Waals surface area contributed by atoms with Crippen molar-refractivity contribution in [2.75, 3.05) is 39.3 Å². The number of furan rings is 1. The van der Waals surface area contributed by atoms with Crippen LogP contribution in [0.15, 0.2) is 40.0 Å².